The summed E-state index contributed by atoms with van der Waals surface area (Å²) in [5.74, 6) is 0. The molecule has 12 heavy (non-hydrogen) atoms. The molecule has 1 heterocycles. The Morgan fingerprint density at radius 3 is 3.00 bits per heavy atom. The number of hydrogen-bond donors (Lipinski definition) is 0. The standard InChI is InChI=1S/C9H5BrO2/c10-8-4-6(5-11)3-7-1-2-12-9(7)8/h1-5H. The Morgan fingerprint density at radius 1 is 1.42 bits per heavy atom. The lowest BCUT2D eigenvalue weighted by atomic mass is 10.2. The van der Waals surface area contributed by atoms with Gasteiger partial charge in [0.05, 0.1) is 10.7 Å². The first-order chi connectivity index (χ1) is 5.81. The number of halogens is 1. The van der Waals surface area contributed by atoms with E-state index in [0.717, 1.165) is 21.7 Å². The lowest BCUT2D eigenvalue weighted by molar-refractivity contribution is 0.112. The second-order valence-corrected chi connectivity index (χ2v) is 3.31. The number of carbonyl (C=O) groups excluding carboxylic acids is 1. The van der Waals surface area contributed by atoms with E-state index in [2.05, 4.69) is 15.9 Å². The van der Waals surface area contributed by atoms with E-state index < -0.39 is 0 Å². The van der Waals surface area contributed by atoms with Crippen LogP contribution >= 0.6 is 15.9 Å². The molecule has 3 heteroatoms. The summed E-state index contributed by atoms with van der Waals surface area (Å²) in [7, 11) is 0. The van der Waals surface area contributed by atoms with E-state index in [1.807, 2.05) is 6.07 Å². The van der Waals surface area contributed by atoms with Crippen LogP contribution in [0.1, 0.15) is 10.4 Å². The number of carbonyl (C=O) groups is 1. The van der Waals surface area contributed by atoms with Crippen molar-refractivity contribution in [3.05, 3.63) is 34.5 Å². The summed E-state index contributed by atoms with van der Waals surface area (Å²) < 4.78 is 6.00. The summed E-state index contributed by atoms with van der Waals surface area (Å²) >= 11 is 3.32. The van der Waals surface area contributed by atoms with E-state index in [1.54, 1.807) is 18.4 Å². The Bertz CT molecular complexity index is 431. The van der Waals surface area contributed by atoms with Gasteiger partial charge >= 0.3 is 0 Å². The third-order valence-corrected chi connectivity index (χ3v) is 2.25. The molecule has 0 aliphatic heterocycles. The normalized spacial score (nSPS) is 10.4. The first kappa shape index (κ1) is 7.55. The topological polar surface area (TPSA) is 30.2 Å². The van der Waals surface area contributed by atoms with Crippen molar-refractivity contribution in [3.63, 3.8) is 0 Å². The molecule has 1 aromatic carbocycles. The molecule has 60 valence electrons. The number of furan rings is 1. The van der Waals surface area contributed by atoms with Gasteiger partial charge in [-0.2, -0.15) is 0 Å². The Labute approximate surface area is 77.3 Å². The van der Waals surface area contributed by atoms with Gasteiger partial charge < -0.3 is 4.42 Å². The zero-order chi connectivity index (χ0) is 8.55. The summed E-state index contributed by atoms with van der Waals surface area (Å²) in [4.78, 5) is 10.5. The maximum atomic E-state index is 10.5. The number of benzene rings is 1. The Morgan fingerprint density at radius 2 is 2.25 bits per heavy atom. The van der Waals surface area contributed by atoms with Crippen LogP contribution < -0.4 is 0 Å². The second-order valence-electron chi connectivity index (χ2n) is 2.46. The molecule has 2 rings (SSSR count). The molecular weight excluding hydrogens is 220 g/mol. The average Bonchev–Trinajstić information content (AvgIpc) is 2.52. The first-order valence-electron chi connectivity index (χ1n) is 3.43. The molecule has 0 bridgehead atoms. The summed E-state index contributed by atoms with van der Waals surface area (Å²) in [5.41, 5.74) is 1.43. The molecule has 0 amide bonds. The highest BCUT2D eigenvalue weighted by molar-refractivity contribution is 9.10. The average molecular weight is 225 g/mol. The van der Waals surface area contributed by atoms with Gasteiger partial charge in [0, 0.05) is 10.9 Å². The Balaban J connectivity index is 2.83. The van der Waals surface area contributed by atoms with Crippen molar-refractivity contribution in [1.29, 1.82) is 0 Å². The molecule has 0 fully saturated rings. The van der Waals surface area contributed by atoms with Crippen molar-refractivity contribution in [3.8, 4) is 0 Å². The highest BCUT2D eigenvalue weighted by Gasteiger charge is 2.03. The van der Waals surface area contributed by atoms with Crippen LogP contribution in [0.4, 0.5) is 0 Å². The molecule has 0 unspecified atom stereocenters. The monoisotopic (exact) mass is 224 g/mol. The van der Waals surface area contributed by atoms with E-state index >= 15 is 0 Å². The third-order valence-electron chi connectivity index (χ3n) is 1.66. The van der Waals surface area contributed by atoms with Crippen LogP contribution in [-0.4, -0.2) is 6.29 Å². The molecule has 0 aliphatic rings. The van der Waals surface area contributed by atoms with Crippen molar-refractivity contribution in [2.24, 2.45) is 0 Å². The van der Waals surface area contributed by atoms with E-state index in [0.29, 0.717) is 5.56 Å². The molecule has 0 saturated carbocycles. The van der Waals surface area contributed by atoms with Gasteiger partial charge in [-0.25, -0.2) is 0 Å². The Kier molecular flexibility index (Phi) is 1.73. The van der Waals surface area contributed by atoms with Gasteiger partial charge in [-0.05, 0) is 34.1 Å². The first-order valence-corrected chi connectivity index (χ1v) is 4.22. The number of hydrogen-bond acceptors (Lipinski definition) is 2. The SMILES string of the molecule is O=Cc1cc(Br)c2occc2c1. The van der Waals surface area contributed by atoms with Crippen LogP contribution in [0.2, 0.25) is 0 Å². The molecule has 0 radical (unpaired) electrons. The molecule has 0 spiro atoms. The fourth-order valence-corrected chi connectivity index (χ4v) is 1.71. The quantitative estimate of drug-likeness (QED) is 0.698. The van der Waals surface area contributed by atoms with Gasteiger partial charge in [0.2, 0.25) is 0 Å². The van der Waals surface area contributed by atoms with Gasteiger partial charge in [0.15, 0.2) is 0 Å². The molecular formula is C9H5BrO2. The zero-order valence-electron chi connectivity index (χ0n) is 6.08. The van der Waals surface area contributed by atoms with E-state index in [4.69, 9.17) is 4.42 Å². The van der Waals surface area contributed by atoms with E-state index in [9.17, 15) is 4.79 Å². The number of rotatable bonds is 1. The molecule has 0 N–H and O–H groups in total. The lowest BCUT2D eigenvalue weighted by Crippen LogP contribution is -1.78. The van der Waals surface area contributed by atoms with Crippen LogP contribution in [-0.2, 0) is 0 Å². The zero-order valence-corrected chi connectivity index (χ0v) is 7.67. The van der Waals surface area contributed by atoms with Crippen LogP contribution in [0.3, 0.4) is 0 Å². The second kappa shape index (κ2) is 2.75. The summed E-state index contributed by atoms with van der Waals surface area (Å²) in [6.07, 6.45) is 2.42. The van der Waals surface area contributed by atoms with E-state index in [-0.39, 0.29) is 0 Å². The summed E-state index contributed by atoms with van der Waals surface area (Å²) in [6.45, 7) is 0. The predicted octanol–water partition coefficient (Wildman–Crippen LogP) is 3.01. The minimum Gasteiger partial charge on any atom is -0.463 e. The molecule has 0 atom stereocenters. The number of aldehydes is 1. The van der Waals surface area contributed by atoms with Crippen molar-refractivity contribution in [2.45, 2.75) is 0 Å². The van der Waals surface area contributed by atoms with Crippen molar-refractivity contribution in [1.82, 2.24) is 0 Å². The minimum absolute atomic E-state index is 0.649. The van der Waals surface area contributed by atoms with Crippen LogP contribution in [0, 0.1) is 0 Å². The van der Waals surface area contributed by atoms with Crippen molar-refractivity contribution < 1.29 is 9.21 Å². The summed E-state index contributed by atoms with van der Waals surface area (Å²) in [6, 6.07) is 5.35. The van der Waals surface area contributed by atoms with Crippen LogP contribution in [0.15, 0.2) is 33.4 Å². The molecule has 1 aromatic heterocycles. The maximum Gasteiger partial charge on any atom is 0.150 e. The van der Waals surface area contributed by atoms with Crippen LogP contribution in [0.25, 0.3) is 11.0 Å². The van der Waals surface area contributed by atoms with Gasteiger partial charge in [-0.15, -0.1) is 0 Å². The van der Waals surface area contributed by atoms with Gasteiger partial charge in [0.1, 0.15) is 11.9 Å². The molecule has 2 nitrogen and oxygen atoms in total. The highest BCUT2D eigenvalue weighted by Crippen LogP contribution is 2.25. The molecule has 2 aromatic rings. The highest BCUT2D eigenvalue weighted by atomic mass is 79.9. The summed E-state index contributed by atoms with van der Waals surface area (Å²) in [5, 5.41) is 0.937. The lowest BCUT2D eigenvalue weighted by Gasteiger charge is -1.93. The van der Waals surface area contributed by atoms with Gasteiger partial charge in [-0.1, -0.05) is 0 Å². The molecule has 0 aliphatic carbocycles. The van der Waals surface area contributed by atoms with E-state index in [1.165, 1.54) is 0 Å². The van der Waals surface area contributed by atoms with Gasteiger partial charge in [0.25, 0.3) is 0 Å². The minimum atomic E-state index is 0.649. The Hall–Kier alpha value is -1.09. The predicted molar refractivity (Wildman–Crippen MR) is 49.3 cm³/mol. The molecule has 0 saturated heterocycles. The van der Waals surface area contributed by atoms with Crippen molar-refractivity contribution in [2.75, 3.05) is 0 Å². The largest absolute Gasteiger partial charge is 0.463 e. The van der Waals surface area contributed by atoms with Crippen molar-refractivity contribution >= 4 is 33.2 Å². The number of fused-ring (bicyclic) bond motifs is 1. The smallest absolute Gasteiger partial charge is 0.150 e. The fraction of sp³-hybridized carbons (Fsp3) is 0. The van der Waals surface area contributed by atoms with Crippen LogP contribution in [0.5, 0.6) is 0 Å². The van der Waals surface area contributed by atoms with Gasteiger partial charge in [-0.3, -0.25) is 4.79 Å². The fourth-order valence-electron chi connectivity index (χ4n) is 1.13. The maximum absolute atomic E-state index is 10.5. The third kappa shape index (κ3) is 1.06.